The van der Waals surface area contributed by atoms with Gasteiger partial charge in [0.25, 0.3) is 0 Å². The van der Waals surface area contributed by atoms with Crippen molar-refractivity contribution in [1.82, 2.24) is 0 Å². The van der Waals surface area contributed by atoms with E-state index in [9.17, 15) is 8.42 Å². The van der Waals surface area contributed by atoms with Crippen LogP contribution < -0.4 is 5.14 Å². The van der Waals surface area contributed by atoms with Gasteiger partial charge in [-0.05, 0) is 30.4 Å². The maximum Gasteiger partial charge on any atom is 0.238 e. The lowest BCUT2D eigenvalue weighted by atomic mass is 9.91. The van der Waals surface area contributed by atoms with Gasteiger partial charge in [0.2, 0.25) is 10.0 Å². The third-order valence-corrected chi connectivity index (χ3v) is 4.30. The molecule has 0 saturated carbocycles. The normalized spacial score (nSPS) is 13.5. The highest BCUT2D eigenvalue weighted by Gasteiger charge is 2.19. The fraction of sp³-hybridized carbons (Fsp3) is 0.571. The molecule has 0 saturated heterocycles. The summed E-state index contributed by atoms with van der Waals surface area (Å²) in [6.07, 6.45) is 5.46. The van der Waals surface area contributed by atoms with Crippen LogP contribution in [0.25, 0.3) is 0 Å². The van der Waals surface area contributed by atoms with Crippen molar-refractivity contribution in [3.05, 3.63) is 29.8 Å². The van der Waals surface area contributed by atoms with E-state index in [-0.39, 0.29) is 10.8 Å². The smallest absolute Gasteiger partial charge is 0.225 e. The van der Waals surface area contributed by atoms with Crippen molar-refractivity contribution in [2.45, 2.75) is 56.8 Å². The molecule has 0 fully saturated rings. The van der Waals surface area contributed by atoms with Gasteiger partial charge in [0, 0.05) is 0 Å². The van der Waals surface area contributed by atoms with Gasteiger partial charge in [-0.25, -0.2) is 13.6 Å². The minimum atomic E-state index is -3.62. The number of sulfonamides is 1. The molecule has 3 nitrogen and oxygen atoms in total. The van der Waals surface area contributed by atoms with Crippen LogP contribution in [0.4, 0.5) is 0 Å². The second-order valence-corrected chi connectivity index (χ2v) is 6.21. The predicted octanol–water partition coefficient (Wildman–Crippen LogP) is 3.41. The van der Waals surface area contributed by atoms with Crippen LogP contribution in [0, 0.1) is 0 Å². The lowest BCUT2D eigenvalue weighted by Crippen LogP contribution is -2.16. The highest BCUT2D eigenvalue weighted by atomic mass is 32.2. The average molecular weight is 269 g/mol. The van der Waals surface area contributed by atoms with Gasteiger partial charge in [-0.2, -0.15) is 0 Å². The van der Waals surface area contributed by atoms with E-state index < -0.39 is 10.0 Å². The molecule has 0 heterocycles. The van der Waals surface area contributed by atoms with Crippen molar-refractivity contribution in [3.63, 3.8) is 0 Å². The molecule has 4 heteroatoms. The Labute approximate surface area is 110 Å². The summed E-state index contributed by atoms with van der Waals surface area (Å²) >= 11 is 0. The number of nitrogens with two attached hydrogens (primary N) is 1. The summed E-state index contributed by atoms with van der Waals surface area (Å²) in [5, 5.41) is 5.28. The molecule has 18 heavy (non-hydrogen) atoms. The molecule has 1 unspecified atom stereocenters. The maximum atomic E-state index is 11.6. The Morgan fingerprint density at radius 3 is 2.39 bits per heavy atom. The van der Waals surface area contributed by atoms with Gasteiger partial charge in [-0.1, -0.05) is 51.3 Å². The third-order valence-electron chi connectivity index (χ3n) is 3.31. The Kier molecular flexibility index (Phi) is 5.82. The number of hydrogen-bond acceptors (Lipinski definition) is 2. The number of benzene rings is 1. The van der Waals surface area contributed by atoms with Crippen molar-refractivity contribution in [2.24, 2.45) is 5.14 Å². The minimum absolute atomic E-state index is 0.283. The second-order valence-electron chi connectivity index (χ2n) is 4.68. The van der Waals surface area contributed by atoms with Crippen LogP contribution in [0.3, 0.4) is 0 Å². The molecule has 1 atom stereocenters. The summed E-state index contributed by atoms with van der Waals surface area (Å²) in [7, 11) is -3.62. The van der Waals surface area contributed by atoms with E-state index >= 15 is 0 Å². The van der Waals surface area contributed by atoms with Crippen LogP contribution in [-0.2, 0) is 10.0 Å². The molecule has 0 aromatic heterocycles. The summed E-state index contributed by atoms with van der Waals surface area (Å²) in [4.78, 5) is 0.286. The number of rotatable bonds is 7. The molecule has 2 N–H and O–H groups in total. The summed E-state index contributed by atoms with van der Waals surface area (Å²) in [6.45, 7) is 4.26. The van der Waals surface area contributed by atoms with Crippen molar-refractivity contribution < 1.29 is 8.42 Å². The van der Waals surface area contributed by atoms with Gasteiger partial charge in [-0.15, -0.1) is 0 Å². The summed E-state index contributed by atoms with van der Waals surface area (Å²) in [6, 6.07) is 7.10. The van der Waals surface area contributed by atoms with Gasteiger partial charge < -0.3 is 0 Å². The van der Waals surface area contributed by atoms with Crippen LogP contribution in [0.2, 0.25) is 0 Å². The first kappa shape index (κ1) is 15.2. The van der Waals surface area contributed by atoms with Gasteiger partial charge >= 0.3 is 0 Å². The van der Waals surface area contributed by atoms with E-state index in [1.54, 1.807) is 12.1 Å². The molecule has 0 spiro atoms. The number of hydrogen-bond donors (Lipinski definition) is 1. The van der Waals surface area contributed by atoms with Crippen LogP contribution >= 0.6 is 0 Å². The summed E-state index contributed by atoms with van der Waals surface area (Å²) in [5.41, 5.74) is 0.874. The average Bonchev–Trinajstić information content (AvgIpc) is 2.34. The molecule has 102 valence electrons. The van der Waals surface area contributed by atoms with Gasteiger partial charge in [0.15, 0.2) is 0 Å². The quantitative estimate of drug-likeness (QED) is 0.771. The maximum absolute atomic E-state index is 11.6. The fourth-order valence-electron chi connectivity index (χ4n) is 2.30. The number of primary sulfonamides is 1. The first-order valence-corrected chi connectivity index (χ1v) is 8.17. The van der Waals surface area contributed by atoms with Gasteiger partial charge in [-0.3, -0.25) is 0 Å². The van der Waals surface area contributed by atoms with E-state index in [0.29, 0.717) is 0 Å². The van der Waals surface area contributed by atoms with Crippen molar-refractivity contribution >= 4 is 10.0 Å². The predicted molar refractivity (Wildman–Crippen MR) is 75.0 cm³/mol. The number of unbranched alkanes of at least 4 members (excludes halogenated alkanes) is 2. The summed E-state index contributed by atoms with van der Waals surface area (Å²) in [5.74, 6) is 0.283. The van der Waals surface area contributed by atoms with E-state index in [1.165, 1.54) is 12.8 Å². The van der Waals surface area contributed by atoms with Crippen LogP contribution in [0.5, 0.6) is 0 Å². The fourth-order valence-corrected chi connectivity index (χ4v) is 3.13. The highest BCUT2D eigenvalue weighted by molar-refractivity contribution is 7.89. The van der Waals surface area contributed by atoms with Crippen molar-refractivity contribution in [2.75, 3.05) is 0 Å². The largest absolute Gasteiger partial charge is 0.238 e. The molecular formula is C14H23NO2S. The zero-order chi connectivity index (χ0) is 13.6. The van der Waals surface area contributed by atoms with E-state index in [4.69, 9.17) is 5.14 Å². The molecular weight excluding hydrogens is 246 g/mol. The molecule has 1 aromatic rings. The molecule has 0 radical (unpaired) electrons. The summed E-state index contributed by atoms with van der Waals surface area (Å²) < 4.78 is 23.2. The molecule has 1 rings (SSSR count). The zero-order valence-corrected chi connectivity index (χ0v) is 12.0. The van der Waals surface area contributed by atoms with E-state index in [2.05, 4.69) is 13.8 Å². The van der Waals surface area contributed by atoms with Crippen molar-refractivity contribution in [3.8, 4) is 0 Å². The topological polar surface area (TPSA) is 60.2 Å². The second kappa shape index (κ2) is 6.90. The zero-order valence-electron chi connectivity index (χ0n) is 11.2. The van der Waals surface area contributed by atoms with E-state index in [1.807, 2.05) is 12.1 Å². The standard InChI is InChI=1S/C14H23NO2S/c1-3-5-6-9-12(4-2)13-10-7-8-11-14(13)18(15,16)17/h7-8,10-12H,3-6,9H2,1-2H3,(H2,15,16,17). The molecule has 1 aromatic carbocycles. The Hall–Kier alpha value is -0.870. The Bertz CT molecular complexity index is 468. The van der Waals surface area contributed by atoms with E-state index in [0.717, 1.165) is 24.8 Å². The molecule has 0 aliphatic heterocycles. The third kappa shape index (κ3) is 4.10. The van der Waals surface area contributed by atoms with Crippen LogP contribution in [0.15, 0.2) is 29.2 Å². The molecule has 0 amide bonds. The lowest BCUT2D eigenvalue weighted by Gasteiger charge is -2.18. The Morgan fingerprint density at radius 1 is 1.17 bits per heavy atom. The van der Waals surface area contributed by atoms with Crippen LogP contribution in [-0.4, -0.2) is 8.42 Å². The van der Waals surface area contributed by atoms with Gasteiger partial charge in [0.1, 0.15) is 0 Å². The molecule has 0 aliphatic rings. The minimum Gasteiger partial charge on any atom is -0.225 e. The SMILES string of the molecule is CCCCCC(CC)c1ccccc1S(N)(=O)=O. The highest BCUT2D eigenvalue weighted by Crippen LogP contribution is 2.30. The first-order valence-electron chi connectivity index (χ1n) is 6.62. The van der Waals surface area contributed by atoms with Crippen LogP contribution in [0.1, 0.15) is 57.4 Å². The molecule has 0 bridgehead atoms. The van der Waals surface area contributed by atoms with Crippen molar-refractivity contribution in [1.29, 1.82) is 0 Å². The monoisotopic (exact) mass is 269 g/mol. The van der Waals surface area contributed by atoms with Gasteiger partial charge in [0.05, 0.1) is 4.90 Å². The first-order chi connectivity index (χ1) is 8.50. The lowest BCUT2D eigenvalue weighted by molar-refractivity contribution is 0.542. The molecule has 0 aliphatic carbocycles. The Morgan fingerprint density at radius 2 is 1.83 bits per heavy atom. The Balaban J connectivity index is 2.99.